The molecule has 0 fully saturated rings. The van der Waals surface area contributed by atoms with Crippen molar-refractivity contribution >= 4 is 37.6 Å². The quantitative estimate of drug-likeness (QED) is 0.735. The monoisotopic (exact) mass is 348 g/mol. The van der Waals surface area contributed by atoms with Crippen molar-refractivity contribution in [3.8, 4) is 5.75 Å². The highest BCUT2D eigenvalue weighted by Crippen LogP contribution is 2.21. The maximum Gasteiger partial charge on any atom is 0.147 e. The first-order valence-corrected chi connectivity index (χ1v) is 7.33. The third-order valence-electron chi connectivity index (χ3n) is 2.17. The number of halogens is 2. The van der Waals surface area contributed by atoms with Crippen LogP contribution in [0.5, 0.6) is 5.75 Å². The van der Waals surface area contributed by atoms with Gasteiger partial charge in [0.2, 0.25) is 0 Å². The molecule has 88 valence electrons. The highest BCUT2D eigenvalue weighted by atomic mass is 79.9. The van der Waals surface area contributed by atoms with Gasteiger partial charge >= 0.3 is 0 Å². The minimum Gasteiger partial charge on any atom is -0.494 e. The maximum atomic E-state index is 11.4. The molecule has 0 saturated heterocycles. The predicted molar refractivity (Wildman–Crippen MR) is 72.7 cm³/mol. The first kappa shape index (κ1) is 13.7. The summed E-state index contributed by atoms with van der Waals surface area (Å²) in [7, 11) is 0. The van der Waals surface area contributed by atoms with Crippen LogP contribution in [0.4, 0.5) is 0 Å². The van der Waals surface area contributed by atoms with Gasteiger partial charge in [0.15, 0.2) is 0 Å². The van der Waals surface area contributed by atoms with Gasteiger partial charge in [-0.05, 0) is 30.2 Å². The third kappa shape index (κ3) is 3.91. The molecule has 0 saturated carbocycles. The van der Waals surface area contributed by atoms with Crippen LogP contribution < -0.4 is 4.74 Å². The van der Waals surface area contributed by atoms with Gasteiger partial charge in [-0.3, -0.25) is 4.79 Å². The van der Waals surface area contributed by atoms with Crippen molar-refractivity contribution in [2.45, 2.75) is 18.7 Å². The van der Waals surface area contributed by atoms with E-state index in [9.17, 15) is 4.79 Å². The Kier molecular flexibility index (Phi) is 6.06. The number of ether oxygens (including phenoxy) is 1. The summed E-state index contributed by atoms with van der Waals surface area (Å²) in [6.07, 6.45) is 0.471. The lowest BCUT2D eigenvalue weighted by atomic mass is 10.0. The van der Waals surface area contributed by atoms with Crippen molar-refractivity contribution in [2.75, 3.05) is 11.9 Å². The number of ketones is 1. The molecule has 1 aromatic rings. The number of carbonyl (C=O) groups excluding carboxylic acids is 1. The van der Waals surface area contributed by atoms with Crippen molar-refractivity contribution in [2.24, 2.45) is 0 Å². The highest BCUT2D eigenvalue weighted by molar-refractivity contribution is 9.09. The molecule has 0 unspecified atom stereocenters. The predicted octanol–water partition coefficient (Wildman–Crippen LogP) is 3.49. The molecule has 0 atom stereocenters. The molecule has 16 heavy (non-hydrogen) atoms. The van der Waals surface area contributed by atoms with Gasteiger partial charge in [-0.2, -0.15) is 0 Å². The van der Waals surface area contributed by atoms with Gasteiger partial charge in [0.1, 0.15) is 11.5 Å². The van der Waals surface area contributed by atoms with Crippen molar-refractivity contribution in [1.82, 2.24) is 0 Å². The first-order valence-electron chi connectivity index (χ1n) is 5.09. The van der Waals surface area contributed by atoms with E-state index < -0.39 is 0 Å². The van der Waals surface area contributed by atoms with Crippen molar-refractivity contribution in [1.29, 1.82) is 0 Å². The second kappa shape index (κ2) is 7.07. The lowest BCUT2D eigenvalue weighted by Gasteiger charge is -2.09. The van der Waals surface area contributed by atoms with Gasteiger partial charge in [-0.25, -0.2) is 0 Å². The number of hydrogen-bond donors (Lipinski definition) is 0. The lowest BCUT2D eigenvalue weighted by molar-refractivity contribution is -0.115. The summed E-state index contributed by atoms with van der Waals surface area (Å²) < 4.78 is 5.42. The van der Waals surface area contributed by atoms with Crippen molar-refractivity contribution in [3.63, 3.8) is 0 Å². The van der Waals surface area contributed by atoms with E-state index in [0.29, 0.717) is 18.4 Å². The van der Waals surface area contributed by atoms with E-state index in [2.05, 4.69) is 31.9 Å². The van der Waals surface area contributed by atoms with Crippen LogP contribution in [0, 0.1) is 0 Å². The normalized spacial score (nSPS) is 10.2. The number of carbonyl (C=O) groups is 1. The van der Waals surface area contributed by atoms with Crippen LogP contribution in [0.1, 0.15) is 18.1 Å². The zero-order valence-corrected chi connectivity index (χ0v) is 12.3. The fourth-order valence-electron chi connectivity index (χ4n) is 1.42. The number of alkyl halides is 2. The fourth-order valence-corrected chi connectivity index (χ4v) is 2.14. The summed E-state index contributed by atoms with van der Waals surface area (Å²) in [5, 5.41) is 1.14. The Morgan fingerprint density at radius 3 is 2.62 bits per heavy atom. The molecule has 0 aliphatic rings. The second-order valence-corrected chi connectivity index (χ2v) is 4.47. The van der Waals surface area contributed by atoms with E-state index >= 15 is 0 Å². The summed E-state index contributed by atoms with van der Waals surface area (Å²) in [5.74, 6) is 1.04. The maximum absolute atomic E-state index is 11.4. The molecule has 0 aliphatic heterocycles. The van der Waals surface area contributed by atoms with Crippen LogP contribution in [0.15, 0.2) is 18.2 Å². The minimum atomic E-state index is 0.186. The molecule has 1 aromatic carbocycles. The van der Waals surface area contributed by atoms with Crippen LogP contribution in [-0.2, 0) is 16.5 Å². The Morgan fingerprint density at radius 2 is 2.06 bits per heavy atom. The fraction of sp³-hybridized carbons (Fsp3) is 0.417. The third-order valence-corrected chi connectivity index (χ3v) is 3.40. The molecule has 0 spiro atoms. The molecule has 0 aromatic heterocycles. The number of benzene rings is 1. The Balaban J connectivity index is 2.88. The Bertz CT molecular complexity index is 364. The number of Topliss-reactive ketones (excluding diaryl/α,β-unsaturated/α-hetero) is 1. The Morgan fingerprint density at radius 1 is 1.31 bits per heavy atom. The van der Waals surface area contributed by atoms with Gasteiger partial charge in [0.05, 0.1) is 11.9 Å². The lowest BCUT2D eigenvalue weighted by Crippen LogP contribution is -2.06. The summed E-state index contributed by atoms with van der Waals surface area (Å²) in [6.45, 7) is 2.61. The first-order chi connectivity index (χ1) is 7.71. The number of rotatable bonds is 6. The summed E-state index contributed by atoms with van der Waals surface area (Å²) >= 11 is 6.60. The van der Waals surface area contributed by atoms with E-state index in [1.807, 2.05) is 25.1 Å². The zero-order valence-electron chi connectivity index (χ0n) is 9.13. The smallest absolute Gasteiger partial charge is 0.147 e. The van der Waals surface area contributed by atoms with Gasteiger partial charge in [-0.15, -0.1) is 0 Å². The topological polar surface area (TPSA) is 26.3 Å². The second-order valence-electron chi connectivity index (χ2n) is 3.35. The molecule has 0 aliphatic carbocycles. The van der Waals surface area contributed by atoms with Crippen LogP contribution in [0.2, 0.25) is 0 Å². The van der Waals surface area contributed by atoms with Crippen LogP contribution in [-0.4, -0.2) is 17.7 Å². The van der Waals surface area contributed by atoms with E-state index in [1.54, 1.807) is 0 Å². The van der Waals surface area contributed by atoms with Gasteiger partial charge in [0, 0.05) is 11.8 Å². The van der Waals surface area contributed by atoms with Crippen LogP contribution in [0.3, 0.4) is 0 Å². The largest absolute Gasteiger partial charge is 0.494 e. The average molecular weight is 350 g/mol. The molecule has 0 amide bonds. The standard InChI is InChI=1S/C12H14Br2O2/c1-2-16-12-4-3-9(5-11(15)8-14)10(6-12)7-13/h3-4,6H,2,5,7-8H2,1H3. The Hall–Kier alpha value is -0.350. The summed E-state index contributed by atoms with van der Waals surface area (Å²) in [6, 6.07) is 5.85. The van der Waals surface area contributed by atoms with Crippen molar-refractivity contribution in [3.05, 3.63) is 29.3 Å². The molecule has 0 heterocycles. The van der Waals surface area contributed by atoms with Gasteiger partial charge in [0.25, 0.3) is 0 Å². The molecule has 0 bridgehead atoms. The van der Waals surface area contributed by atoms with E-state index in [-0.39, 0.29) is 5.78 Å². The molecule has 4 heteroatoms. The minimum absolute atomic E-state index is 0.186. The average Bonchev–Trinajstić information content (AvgIpc) is 2.31. The van der Waals surface area contributed by atoms with Gasteiger partial charge < -0.3 is 4.74 Å². The van der Waals surface area contributed by atoms with E-state index in [0.717, 1.165) is 22.2 Å². The van der Waals surface area contributed by atoms with Crippen LogP contribution >= 0.6 is 31.9 Å². The Labute approximate surface area is 113 Å². The van der Waals surface area contributed by atoms with E-state index in [4.69, 9.17) is 4.74 Å². The van der Waals surface area contributed by atoms with E-state index in [1.165, 1.54) is 0 Å². The molecular formula is C12H14Br2O2. The molecule has 0 N–H and O–H groups in total. The molecule has 2 nitrogen and oxygen atoms in total. The van der Waals surface area contributed by atoms with Crippen molar-refractivity contribution < 1.29 is 9.53 Å². The van der Waals surface area contributed by atoms with Crippen LogP contribution in [0.25, 0.3) is 0 Å². The highest BCUT2D eigenvalue weighted by Gasteiger charge is 2.07. The molecule has 1 rings (SSSR count). The van der Waals surface area contributed by atoms with Gasteiger partial charge in [-0.1, -0.05) is 37.9 Å². The number of hydrogen-bond acceptors (Lipinski definition) is 2. The zero-order chi connectivity index (χ0) is 12.0. The summed E-state index contributed by atoms with van der Waals surface area (Å²) in [5.41, 5.74) is 2.17. The summed E-state index contributed by atoms with van der Waals surface area (Å²) in [4.78, 5) is 11.4. The molecule has 0 radical (unpaired) electrons. The SMILES string of the molecule is CCOc1ccc(CC(=O)CBr)c(CBr)c1. The molecular weight excluding hydrogens is 336 g/mol.